The molecule has 4 amide bonds. The molecule has 0 spiro atoms. The van der Waals surface area contributed by atoms with Crippen LogP contribution in [0.4, 0.5) is 4.79 Å². The minimum atomic E-state index is -0.964. The minimum absolute atomic E-state index is 0.0501. The Bertz CT molecular complexity index is 865. The third kappa shape index (κ3) is 7.23. The first-order valence-corrected chi connectivity index (χ1v) is 13.5. The number of carbonyl (C=O) groups excluding carboxylic acids is 4. The van der Waals surface area contributed by atoms with E-state index in [0.717, 1.165) is 25.7 Å². The molecule has 0 aromatic carbocycles. The Morgan fingerprint density at radius 3 is 2.61 bits per heavy atom. The fourth-order valence-electron chi connectivity index (χ4n) is 5.00. The van der Waals surface area contributed by atoms with E-state index in [4.69, 9.17) is 4.74 Å². The number of rotatable bonds is 4. The summed E-state index contributed by atoms with van der Waals surface area (Å²) < 4.78 is 5.39. The van der Waals surface area contributed by atoms with Crippen LogP contribution in [0.15, 0.2) is 12.2 Å². The van der Waals surface area contributed by atoms with Gasteiger partial charge in [0, 0.05) is 19.0 Å². The van der Waals surface area contributed by atoms with Gasteiger partial charge in [0.1, 0.15) is 23.2 Å². The smallest absolute Gasteiger partial charge is 0.408 e. The molecule has 3 aliphatic rings. The molecule has 3 N–H and O–H groups in total. The predicted molar refractivity (Wildman–Crippen MR) is 137 cm³/mol. The summed E-state index contributed by atoms with van der Waals surface area (Å²) in [6.07, 6.45) is 9.27. The molecule has 2 aliphatic heterocycles. The first kappa shape index (κ1) is 28.0. The molecule has 3 rings (SSSR count). The number of hydrogen-bond acceptors (Lipinski definition) is 5. The highest BCUT2D eigenvalue weighted by Crippen LogP contribution is 2.45. The number of allylic oxidation sites excluding steroid dienone is 1. The lowest BCUT2D eigenvalue weighted by molar-refractivity contribution is -0.141. The Labute approximate surface area is 215 Å². The highest BCUT2D eigenvalue weighted by Gasteiger charge is 2.60. The predicted octanol–water partition coefficient (Wildman–Crippen LogP) is 3.04. The monoisotopic (exact) mass is 504 g/mol. The molecule has 0 aromatic heterocycles. The van der Waals surface area contributed by atoms with Crippen molar-refractivity contribution in [2.75, 3.05) is 13.1 Å². The maximum atomic E-state index is 13.6. The van der Waals surface area contributed by atoms with Crippen molar-refractivity contribution in [3.05, 3.63) is 12.2 Å². The van der Waals surface area contributed by atoms with E-state index in [2.05, 4.69) is 28.1 Å². The largest absolute Gasteiger partial charge is 0.444 e. The molecule has 9 heteroatoms. The van der Waals surface area contributed by atoms with Crippen molar-refractivity contribution in [1.29, 1.82) is 0 Å². The van der Waals surface area contributed by atoms with Gasteiger partial charge in [-0.25, -0.2) is 4.79 Å². The lowest BCUT2D eigenvalue weighted by Crippen LogP contribution is -2.58. The zero-order valence-corrected chi connectivity index (χ0v) is 22.5. The molecule has 36 heavy (non-hydrogen) atoms. The van der Waals surface area contributed by atoms with Gasteiger partial charge in [0.15, 0.2) is 0 Å². The van der Waals surface area contributed by atoms with Crippen LogP contribution < -0.4 is 16.0 Å². The summed E-state index contributed by atoms with van der Waals surface area (Å²) in [6.45, 7) is 10.4. The normalized spacial score (nSPS) is 29.4. The standard InChI is InChI=1S/C27H44N4O5/c1-18(2)17-28-24(34)27-16-19(27)12-9-7-6-8-10-13-20(29-25(35)36-26(3,4)5)23(33)31-15-11-14-21(31)22(32)30-27/h9,12,18-21H,6-8,10-11,13-17H2,1-5H3,(H,28,34)(H,29,35)(H,30,32)/t19-,20+,21+,27-/m1/s1. The number of fused-ring (bicyclic) bond motifs is 2. The fraction of sp³-hybridized carbons (Fsp3) is 0.778. The Hall–Kier alpha value is -2.58. The lowest BCUT2D eigenvalue weighted by Gasteiger charge is -2.30. The van der Waals surface area contributed by atoms with Crippen molar-refractivity contribution in [3.8, 4) is 0 Å². The van der Waals surface area contributed by atoms with E-state index in [0.29, 0.717) is 44.7 Å². The number of ether oxygens (including phenoxy) is 1. The van der Waals surface area contributed by atoms with Crippen LogP contribution in [0.25, 0.3) is 0 Å². The molecule has 202 valence electrons. The van der Waals surface area contributed by atoms with Crippen LogP contribution in [0.2, 0.25) is 0 Å². The van der Waals surface area contributed by atoms with Crippen molar-refractivity contribution in [2.45, 2.75) is 109 Å². The molecule has 0 aromatic rings. The molecule has 2 heterocycles. The summed E-state index contributed by atoms with van der Waals surface area (Å²) in [5.74, 6) is -0.484. The van der Waals surface area contributed by atoms with E-state index < -0.39 is 29.3 Å². The Balaban J connectivity index is 1.80. The van der Waals surface area contributed by atoms with Gasteiger partial charge in [0.2, 0.25) is 17.7 Å². The maximum absolute atomic E-state index is 13.6. The molecule has 0 bridgehead atoms. The molecule has 4 atom stereocenters. The van der Waals surface area contributed by atoms with Crippen molar-refractivity contribution >= 4 is 23.8 Å². The van der Waals surface area contributed by atoms with Crippen LogP contribution in [-0.2, 0) is 19.1 Å². The molecule has 0 radical (unpaired) electrons. The fourth-order valence-corrected chi connectivity index (χ4v) is 5.00. The molecular weight excluding hydrogens is 460 g/mol. The topological polar surface area (TPSA) is 117 Å². The van der Waals surface area contributed by atoms with E-state index in [1.54, 1.807) is 25.7 Å². The Kier molecular flexibility index (Phi) is 9.06. The third-order valence-electron chi connectivity index (χ3n) is 7.00. The van der Waals surface area contributed by atoms with Gasteiger partial charge in [-0.05, 0) is 65.2 Å². The number of amides is 4. The molecule has 0 unspecified atom stereocenters. The molecule has 2 fully saturated rings. The quantitative estimate of drug-likeness (QED) is 0.509. The van der Waals surface area contributed by atoms with Crippen molar-refractivity contribution in [3.63, 3.8) is 0 Å². The lowest BCUT2D eigenvalue weighted by atomic mass is 10.0. The van der Waals surface area contributed by atoms with Crippen LogP contribution >= 0.6 is 0 Å². The van der Waals surface area contributed by atoms with Gasteiger partial charge in [-0.15, -0.1) is 0 Å². The Morgan fingerprint density at radius 1 is 1.17 bits per heavy atom. The average Bonchev–Trinajstić information content (AvgIpc) is 3.24. The van der Waals surface area contributed by atoms with E-state index in [1.807, 2.05) is 13.8 Å². The summed E-state index contributed by atoms with van der Waals surface area (Å²) in [7, 11) is 0. The van der Waals surface area contributed by atoms with E-state index >= 15 is 0 Å². The zero-order chi connectivity index (χ0) is 26.5. The summed E-state index contributed by atoms with van der Waals surface area (Å²) in [6, 6.07) is -1.42. The second-order valence-electron chi connectivity index (χ2n) is 11.8. The van der Waals surface area contributed by atoms with E-state index in [1.165, 1.54) is 0 Å². The molecule has 1 saturated carbocycles. The van der Waals surface area contributed by atoms with Gasteiger partial charge in [-0.2, -0.15) is 0 Å². The van der Waals surface area contributed by atoms with Gasteiger partial charge >= 0.3 is 6.09 Å². The average molecular weight is 505 g/mol. The SMILES string of the molecule is CC(C)CNC(=O)[C@@]12C[C@H]1C=CCCCCC[C@H](NC(=O)OC(C)(C)C)C(=O)N1CCC[C@H]1C(=O)N2. The van der Waals surface area contributed by atoms with Crippen LogP contribution in [0.5, 0.6) is 0 Å². The van der Waals surface area contributed by atoms with Crippen LogP contribution in [0, 0.1) is 11.8 Å². The summed E-state index contributed by atoms with van der Waals surface area (Å²) in [5, 5.41) is 8.77. The highest BCUT2D eigenvalue weighted by atomic mass is 16.6. The van der Waals surface area contributed by atoms with E-state index in [9.17, 15) is 19.2 Å². The first-order chi connectivity index (χ1) is 16.9. The molecule has 9 nitrogen and oxygen atoms in total. The number of carbonyl (C=O) groups is 4. The molecule has 1 saturated heterocycles. The highest BCUT2D eigenvalue weighted by molar-refractivity contribution is 5.98. The van der Waals surface area contributed by atoms with Gasteiger partial charge < -0.3 is 25.6 Å². The number of nitrogens with one attached hydrogen (secondary N) is 3. The summed E-state index contributed by atoms with van der Waals surface area (Å²) in [4.78, 5) is 54.2. The van der Waals surface area contributed by atoms with Crippen molar-refractivity contribution in [1.82, 2.24) is 20.9 Å². The number of alkyl carbamates (subject to hydrolysis) is 1. The van der Waals surface area contributed by atoms with Crippen molar-refractivity contribution < 1.29 is 23.9 Å². The van der Waals surface area contributed by atoms with Gasteiger partial charge in [0.25, 0.3) is 0 Å². The summed E-state index contributed by atoms with van der Waals surface area (Å²) in [5.41, 5.74) is -1.64. The van der Waals surface area contributed by atoms with E-state index in [-0.39, 0.29) is 23.6 Å². The minimum Gasteiger partial charge on any atom is -0.444 e. The van der Waals surface area contributed by atoms with Gasteiger partial charge in [-0.1, -0.05) is 38.8 Å². The van der Waals surface area contributed by atoms with Crippen LogP contribution in [-0.4, -0.2) is 65.0 Å². The third-order valence-corrected chi connectivity index (χ3v) is 7.00. The summed E-state index contributed by atoms with van der Waals surface area (Å²) >= 11 is 0. The first-order valence-electron chi connectivity index (χ1n) is 13.5. The van der Waals surface area contributed by atoms with Gasteiger partial charge in [0.05, 0.1) is 0 Å². The maximum Gasteiger partial charge on any atom is 0.408 e. The zero-order valence-electron chi connectivity index (χ0n) is 22.5. The van der Waals surface area contributed by atoms with Gasteiger partial charge in [-0.3, -0.25) is 14.4 Å². The molecular formula is C27H44N4O5. The second kappa shape index (κ2) is 11.6. The second-order valence-corrected chi connectivity index (χ2v) is 11.8. The number of nitrogens with zero attached hydrogens (tertiary/aromatic N) is 1. The molecule has 1 aliphatic carbocycles. The van der Waals surface area contributed by atoms with Crippen LogP contribution in [0.1, 0.15) is 86.0 Å². The number of hydrogen-bond donors (Lipinski definition) is 3. The Morgan fingerprint density at radius 2 is 1.92 bits per heavy atom. The van der Waals surface area contributed by atoms with Crippen LogP contribution in [0.3, 0.4) is 0 Å². The van der Waals surface area contributed by atoms with Crippen molar-refractivity contribution in [2.24, 2.45) is 11.8 Å².